The summed E-state index contributed by atoms with van der Waals surface area (Å²) < 4.78 is 11.6. The van der Waals surface area contributed by atoms with E-state index in [0.717, 1.165) is 37.1 Å². The third-order valence-electron chi connectivity index (χ3n) is 6.11. The van der Waals surface area contributed by atoms with Gasteiger partial charge in [0.15, 0.2) is 0 Å². The Morgan fingerprint density at radius 1 is 1.28 bits per heavy atom. The van der Waals surface area contributed by atoms with E-state index >= 15 is 0 Å². The number of benzene rings is 1. The molecular weight excluding hydrogens is 364 g/mol. The van der Waals surface area contributed by atoms with Crippen LogP contribution in [0.15, 0.2) is 18.2 Å². The van der Waals surface area contributed by atoms with Crippen molar-refractivity contribution < 1.29 is 14.3 Å². The Kier molecular flexibility index (Phi) is 6.72. The molecule has 0 bridgehead atoms. The van der Waals surface area contributed by atoms with Crippen molar-refractivity contribution in [1.29, 1.82) is 5.26 Å². The lowest BCUT2D eigenvalue weighted by Gasteiger charge is -2.47. The molecule has 1 aromatic rings. The molecule has 158 valence electrons. The van der Waals surface area contributed by atoms with Gasteiger partial charge < -0.3 is 14.4 Å². The largest absolute Gasteiger partial charge is 0.494 e. The smallest absolute Gasteiger partial charge is 0.410 e. The Balaban J connectivity index is 1.60. The Hall–Kier alpha value is -2.22. The van der Waals surface area contributed by atoms with Gasteiger partial charge in [-0.25, -0.2) is 4.79 Å². The van der Waals surface area contributed by atoms with E-state index in [1.807, 2.05) is 44.7 Å². The molecular formula is C24H34N2O3. The average Bonchev–Trinajstić information content (AvgIpc) is 2.67. The highest BCUT2D eigenvalue weighted by Crippen LogP contribution is 2.39. The van der Waals surface area contributed by atoms with Crippen LogP contribution in [-0.2, 0) is 4.74 Å². The summed E-state index contributed by atoms with van der Waals surface area (Å²) in [6, 6.07) is 8.18. The minimum atomic E-state index is -0.471. The zero-order valence-electron chi connectivity index (χ0n) is 18.2. The molecule has 3 unspecified atom stereocenters. The molecule has 0 spiro atoms. The number of nitriles is 1. The zero-order valence-corrected chi connectivity index (χ0v) is 18.2. The van der Waals surface area contributed by atoms with Crippen molar-refractivity contribution in [1.82, 2.24) is 4.90 Å². The number of aryl methyl sites for hydroxylation is 1. The molecule has 2 aliphatic rings. The van der Waals surface area contributed by atoms with Crippen molar-refractivity contribution in [2.75, 3.05) is 13.2 Å². The van der Waals surface area contributed by atoms with Gasteiger partial charge in [0.25, 0.3) is 0 Å². The van der Waals surface area contributed by atoms with Crippen LogP contribution in [0.4, 0.5) is 4.79 Å². The van der Waals surface area contributed by atoms with Crippen LogP contribution in [0.1, 0.15) is 70.4 Å². The van der Waals surface area contributed by atoms with E-state index in [1.165, 1.54) is 19.3 Å². The van der Waals surface area contributed by atoms with Crippen molar-refractivity contribution >= 4 is 6.09 Å². The van der Waals surface area contributed by atoms with E-state index in [0.29, 0.717) is 30.0 Å². The van der Waals surface area contributed by atoms with E-state index in [1.54, 1.807) is 6.07 Å². The summed E-state index contributed by atoms with van der Waals surface area (Å²) in [6.45, 7) is 9.05. The van der Waals surface area contributed by atoms with Gasteiger partial charge in [0.2, 0.25) is 0 Å². The molecule has 5 heteroatoms. The SMILES string of the molecule is Cc1ccc(OCCC2CC3CCCCC3N(C(=O)OC(C)(C)C)C2)cc1C#N. The summed E-state index contributed by atoms with van der Waals surface area (Å²) in [5.74, 6) is 1.73. The number of piperidine rings is 1. The van der Waals surface area contributed by atoms with Gasteiger partial charge in [-0.3, -0.25) is 0 Å². The minimum Gasteiger partial charge on any atom is -0.494 e. The van der Waals surface area contributed by atoms with Crippen LogP contribution in [0, 0.1) is 30.1 Å². The number of rotatable bonds is 4. The zero-order chi connectivity index (χ0) is 21.0. The second kappa shape index (κ2) is 9.07. The fraction of sp³-hybridized carbons (Fsp3) is 0.667. The minimum absolute atomic E-state index is 0.169. The number of hydrogen-bond acceptors (Lipinski definition) is 4. The van der Waals surface area contributed by atoms with E-state index in [9.17, 15) is 10.1 Å². The number of nitrogens with zero attached hydrogens (tertiary/aromatic N) is 2. The molecule has 0 radical (unpaired) electrons. The lowest BCUT2D eigenvalue weighted by Crippen LogP contribution is -2.53. The molecule has 1 saturated heterocycles. The van der Waals surface area contributed by atoms with Crippen molar-refractivity contribution in [2.24, 2.45) is 11.8 Å². The third-order valence-corrected chi connectivity index (χ3v) is 6.11. The van der Waals surface area contributed by atoms with E-state index in [4.69, 9.17) is 9.47 Å². The quantitative estimate of drug-likeness (QED) is 0.676. The number of hydrogen-bond donors (Lipinski definition) is 0. The molecule has 1 aliphatic heterocycles. The Labute approximate surface area is 175 Å². The van der Waals surface area contributed by atoms with Gasteiger partial charge in [-0.1, -0.05) is 18.9 Å². The van der Waals surface area contributed by atoms with Crippen LogP contribution in [0.2, 0.25) is 0 Å². The number of fused-ring (bicyclic) bond motifs is 1. The summed E-state index contributed by atoms with van der Waals surface area (Å²) in [4.78, 5) is 14.9. The highest BCUT2D eigenvalue weighted by Gasteiger charge is 2.41. The van der Waals surface area contributed by atoms with Gasteiger partial charge in [-0.2, -0.15) is 5.26 Å². The van der Waals surface area contributed by atoms with Crippen LogP contribution in [0.3, 0.4) is 0 Å². The van der Waals surface area contributed by atoms with Crippen molar-refractivity contribution in [3.05, 3.63) is 29.3 Å². The van der Waals surface area contributed by atoms with Crippen molar-refractivity contribution in [3.63, 3.8) is 0 Å². The second-order valence-electron chi connectivity index (χ2n) is 9.57. The fourth-order valence-electron chi connectivity index (χ4n) is 4.68. The first-order valence-electron chi connectivity index (χ1n) is 10.9. The van der Waals surface area contributed by atoms with Gasteiger partial charge in [0.05, 0.1) is 18.2 Å². The van der Waals surface area contributed by atoms with Gasteiger partial charge in [-0.05, 0) is 82.9 Å². The highest BCUT2D eigenvalue weighted by atomic mass is 16.6. The Morgan fingerprint density at radius 2 is 2.03 bits per heavy atom. The summed E-state index contributed by atoms with van der Waals surface area (Å²) in [5.41, 5.74) is 1.14. The molecule has 1 heterocycles. The molecule has 3 atom stereocenters. The Morgan fingerprint density at radius 3 is 2.76 bits per heavy atom. The maximum Gasteiger partial charge on any atom is 0.410 e. The number of amides is 1. The van der Waals surface area contributed by atoms with Gasteiger partial charge in [0, 0.05) is 12.6 Å². The normalized spacial score (nSPS) is 24.4. The van der Waals surface area contributed by atoms with Gasteiger partial charge >= 0.3 is 6.09 Å². The molecule has 3 rings (SSSR count). The van der Waals surface area contributed by atoms with Crippen LogP contribution in [0.5, 0.6) is 5.75 Å². The molecule has 1 saturated carbocycles. The number of ether oxygens (including phenoxy) is 2. The molecule has 5 nitrogen and oxygen atoms in total. The topological polar surface area (TPSA) is 62.6 Å². The van der Waals surface area contributed by atoms with Crippen LogP contribution in [0.25, 0.3) is 0 Å². The molecule has 1 aromatic carbocycles. The predicted octanol–water partition coefficient (Wildman–Crippen LogP) is 5.45. The Bertz CT molecular complexity index is 762. The predicted molar refractivity (Wildman–Crippen MR) is 113 cm³/mol. The van der Waals surface area contributed by atoms with Crippen LogP contribution in [-0.4, -0.2) is 35.8 Å². The van der Waals surface area contributed by atoms with Crippen LogP contribution < -0.4 is 4.74 Å². The van der Waals surface area contributed by atoms with Crippen molar-refractivity contribution in [2.45, 2.75) is 77.9 Å². The molecule has 1 amide bonds. The maximum atomic E-state index is 12.9. The lowest BCUT2D eigenvalue weighted by molar-refractivity contribution is -0.0210. The third kappa shape index (κ3) is 5.65. The molecule has 2 fully saturated rings. The maximum absolute atomic E-state index is 12.9. The van der Waals surface area contributed by atoms with E-state index in [2.05, 4.69) is 6.07 Å². The summed E-state index contributed by atoms with van der Waals surface area (Å²) in [5, 5.41) is 9.19. The number of likely N-dealkylation sites (tertiary alicyclic amines) is 1. The van der Waals surface area contributed by atoms with Gasteiger partial charge in [0.1, 0.15) is 11.4 Å². The first-order chi connectivity index (χ1) is 13.8. The second-order valence-corrected chi connectivity index (χ2v) is 9.57. The highest BCUT2D eigenvalue weighted by molar-refractivity contribution is 5.68. The first kappa shape index (κ1) is 21.5. The van der Waals surface area contributed by atoms with Gasteiger partial charge in [-0.15, -0.1) is 0 Å². The lowest BCUT2D eigenvalue weighted by atomic mass is 9.74. The summed E-state index contributed by atoms with van der Waals surface area (Å²) in [6.07, 6.45) is 6.63. The van der Waals surface area contributed by atoms with E-state index in [-0.39, 0.29) is 6.09 Å². The van der Waals surface area contributed by atoms with E-state index < -0.39 is 5.60 Å². The summed E-state index contributed by atoms with van der Waals surface area (Å²) in [7, 11) is 0. The van der Waals surface area contributed by atoms with Crippen LogP contribution >= 0.6 is 0 Å². The number of carbonyl (C=O) groups is 1. The van der Waals surface area contributed by atoms with Crippen molar-refractivity contribution in [3.8, 4) is 11.8 Å². The first-order valence-corrected chi connectivity index (χ1v) is 10.9. The molecule has 0 N–H and O–H groups in total. The average molecular weight is 399 g/mol. The number of carbonyl (C=O) groups excluding carboxylic acids is 1. The monoisotopic (exact) mass is 398 g/mol. The standard InChI is InChI=1S/C24H34N2O3/c1-17-9-10-21(14-20(17)15-25)28-12-11-18-13-19-7-5-6-8-22(19)26(16-18)23(27)29-24(2,3)4/h9-10,14,18-19,22H,5-8,11-13,16H2,1-4H3. The fourth-order valence-corrected chi connectivity index (χ4v) is 4.68. The summed E-state index contributed by atoms with van der Waals surface area (Å²) >= 11 is 0. The molecule has 1 aliphatic carbocycles. The molecule has 29 heavy (non-hydrogen) atoms. The molecule has 0 aromatic heterocycles.